The number of hydrogen-bond donors (Lipinski definition) is 3. The number of nitrogens with one attached hydrogen (secondary N) is 2. The fourth-order valence-corrected chi connectivity index (χ4v) is 1.38. The summed E-state index contributed by atoms with van der Waals surface area (Å²) in [6, 6.07) is 2.98. The lowest BCUT2D eigenvalue weighted by Gasteiger charge is -2.07. The first-order chi connectivity index (χ1) is 8.63. The van der Waals surface area contributed by atoms with Gasteiger partial charge < -0.3 is 15.7 Å². The molecule has 1 aromatic carbocycles. The van der Waals surface area contributed by atoms with E-state index >= 15 is 0 Å². The monoisotopic (exact) mass is 258 g/mol. The Bertz CT molecular complexity index is 400. The van der Waals surface area contributed by atoms with Gasteiger partial charge in [0.1, 0.15) is 11.6 Å². The van der Waals surface area contributed by atoms with Crippen LogP contribution in [0.3, 0.4) is 0 Å². The molecule has 2 amide bonds. The largest absolute Gasteiger partial charge is 0.396 e. The number of amides is 2. The zero-order valence-electron chi connectivity index (χ0n) is 9.88. The van der Waals surface area contributed by atoms with Gasteiger partial charge in [0.2, 0.25) is 0 Å². The van der Waals surface area contributed by atoms with Gasteiger partial charge in [0.05, 0.1) is 0 Å². The fraction of sp³-hybridized carbons (Fsp3) is 0.417. The summed E-state index contributed by atoms with van der Waals surface area (Å²) in [6.45, 7) is 0.655. The summed E-state index contributed by atoms with van der Waals surface area (Å²) < 4.78 is 25.9. The summed E-state index contributed by atoms with van der Waals surface area (Å²) in [5.41, 5.74) is 0.354. The van der Waals surface area contributed by atoms with Crippen LogP contribution in [0.1, 0.15) is 12.0 Å². The molecule has 0 saturated heterocycles. The molecule has 100 valence electrons. The van der Waals surface area contributed by atoms with E-state index in [2.05, 4.69) is 10.6 Å². The summed E-state index contributed by atoms with van der Waals surface area (Å²) >= 11 is 0. The molecule has 0 heterocycles. The number of aliphatic hydroxyl groups excluding tert-OH is 1. The topological polar surface area (TPSA) is 61.4 Å². The first-order valence-corrected chi connectivity index (χ1v) is 5.70. The van der Waals surface area contributed by atoms with Gasteiger partial charge in [-0.05, 0) is 24.5 Å². The molecule has 0 bridgehead atoms. The highest BCUT2D eigenvalue weighted by atomic mass is 19.1. The second kappa shape index (κ2) is 7.60. The van der Waals surface area contributed by atoms with E-state index < -0.39 is 11.6 Å². The van der Waals surface area contributed by atoms with Crippen LogP contribution in [0.2, 0.25) is 0 Å². The van der Waals surface area contributed by atoms with Crippen LogP contribution in [0.4, 0.5) is 13.6 Å². The van der Waals surface area contributed by atoms with E-state index in [1.807, 2.05) is 0 Å². The molecule has 0 atom stereocenters. The van der Waals surface area contributed by atoms with Crippen molar-refractivity contribution in [3.05, 3.63) is 35.4 Å². The highest BCUT2D eigenvalue weighted by molar-refractivity contribution is 5.73. The quantitative estimate of drug-likeness (QED) is 0.671. The van der Waals surface area contributed by atoms with Gasteiger partial charge in [0.15, 0.2) is 0 Å². The van der Waals surface area contributed by atoms with Crippen LogP contribution in [-0.2, 0) is 6.42 Å². The summed E-state index contributed by atoms with van der Waals surface area (Å²) in [5.74, 6) is -1.23. The van der Waals surface area contributed by atoms with E-state index in [-0.39, 0.29) is 19.2 Å². The Morgan fingerprint density at radius 1 is 1.22 bits per heavy atom. The van der Waals surface area contributed by atoms with Gasteiger partial charge in [-0.2, -0.15) is 0 Å². The normalized spacial score (nSPS) is 10.2. The molecule has 1 aromatic rings. The number of aliphatic hydroxyl groups is 1. The van der Waals surface area contributed by atoms with Crippen LogP contribution in [0.25, 0.3) is 0 Å². The Kier molecular flexibility index (Phi) is 6.07. The Labute approximate surface area is 104 Å². The van der Waals surface area contributed by atoms with Crippen molar-refractivity contribution < 1.29 is 18.7 Å². The van der Waals surface area contributed by atoms with Crippen molar-refractivity contribution >= 4 is 6.03 Å². The van der Waals surface area contributed by atoms with Crippen molar-refractivity contribution in [1.82, 2.24) is 10.6 Å². The van der Waals surface area contributed by atoms with E-state index in [1.165, 1.54) is 12.1 Å². The lowest BCUT2D eigenvalue weighted by atomic mass is 10.1. The Balaban J connectivity index is 2.26. The van der Waals surface area contributed by atoms with E-state index in [9.17, 15) is 13.6 Å². The van der Waals surface area contributed by atoms with E-state index in [0.29, 0.717) is 24.9 Å². The minimum atomic E-state index is -0.619. The molecule has 1 rings (SSSR count). The molecule has 0 spiro atoms. The van der Waals surface area contributed by atoms with Crippen molar-refractivity contribution in [2.45, 2.75) is 12.8 Å². The average molecular weight is 258 g/mol. The number of rotatable bonds is 6. The Hall–Kier alpha value is -1.69. The minimum absolute atomic E-state index is 0.0150. The Morgan fingerprint density at radius 2 is 1.94 bits per heavy atom. The summed E-state index contributed by atoms with van der Waals surface area (Å²) in [5, 5.41) is 13.6. The predicted octanol–water partition coefficient (Wildman–Crippen LogP) is 1.19. The van der Waals surface area contributed by atoms with Crippen LogP contribution in [-0.4, -0.2) is 30.8 Å². The molecule has 0 fully saturated rings. The molecule has 3 N–H and O–H groups in total. The number of halogens is 2. The van der Waals surface area contributed by atoms with Crippen LogP contribution in [0.15, 0.2) is 18.2 Å². The molecule has 0 aromatic heterocycles. The van der Waals surface area contributed by atoms with Gasteiger partial charge in [0, 0.05) is 25.8 Å². The summed E-state index contributed by atoms with van der Waals surface area (Å²) in [4.78, 5) is 11.2. The van der Waals surface area contributed by atoms with Gasteiger partial charge in [-0.25, -0.2) is 13.6 Å². The molecule has 0 unspecified atom stereocenters. The van der Waals surface area contributed by atoms with E-state index in [0.717, 1.165) is 6.07 Å². The lowest BCUT2D eigenvalue weighted by Crippen LogP contribution is -2.37. The lowest BCUT2D eigenvalue weighted by molar-refractivity contribution is 0.238. The first kappa shape index (κ1) is 14.4. The number of hydrogen-bond acceptors (Lipinski definition) is 2. The third-order valence-electron chi connectivity index (χ3n) is 2.32. The van der Waals surface area contributed by atoms with Crippen LogP contribution < -0.4 is 10.6 Å². The number of carbonyl (C=O) groups excluding carboxylic acids is 1. The molecule has 0 aliphatic carbocycles. The minimum Gasteiger partial charge on any atom is -0.396 e. The molecule has 0 radical (unpaired) electrons. The molecular weight excluding hydrogens is 242 g/mol. The first-order valence-electron chi connectivity index (χ1n) is 5.70. The molecule has 18 heavy (non-hydrogen) atoms. The van der Waals surface area contributed by atoms with Crippen molar-refractivity contribution in [2.75, 3.05) is 19.7 Å². The van der Waals surface area contributed by atoms with Crippen molar-refractivity contribution in [2.24, 2.45) is 0 Å². The van der Waals surface area contributed by atoms with Crippen LogP contribution in [0.5, 0.6) is 0 Å². The zero-order chi connectivity index (χ0) is 13.4. The average Bonchev–Trinajstić information content (AvgIpc) is 2.32. The molecule has 4 nitrogen and oxygen atoms in total. The molecule has 0 saturated carbocycles. The summed E-state index contributed by atoms with van der Waals surface area (Å²) in [6.07, 6.45) is 0.777. The maximum absolute atomic E-state index is 13.2. The maximum atomic E-state index is 13.2. The van der Waals surface area contributed by atoms with Crippen molar-refractivity contribution in [1.29, 1.82) is 0 Å². The van der Waals surface area contributed by atoms with Gasteiger partial charge in [-0.1, -0.05) is 6.07 Å². The highest BCUT2D eigenvalue weighted by Crippen LogP contribution is 2.09. The second-order valence-corrected chi connectivity index (χ2v) is 3.75. The predicted molar refractivity (Wildman–Crippen MR) is 63.2 cm³/mol. The molecule has 0 aliphatic heterocycles. The zero-order valence-corrected chi connectivity index (χ0v) is 9.88. The number of urea groups is 1. The van der Waals surface area contributed by atoms with Gasteiger partial charge >= 0.3 is 6.03 Å². The van der Waals surface area contributed by atoms with Gasteiger partial charge in [-0.3, -0.25) is 0 Å². The summed E-state index contributed by atoms with van der Waals surface area (Å²) in [7, 11) is 0. The molecule has 0 aliphatic rings. The van der Waals surface area contributed by atoms with E-state index in [1.54, 1.807) is 0 Å². The maximum Gasteiger partial charge on any atom is 0.314 e. The highest BCUT2D eigenvalue weighted by Gasteiger charge is 2.04. The number of benzene rings is 1. The van der Waals surface area contributed by atoms with Gasteiger partial charge in [-0.15, -0.1) is 0 Å². The fourth-order valence-electron chi connectivity index (χ4n) is 1.38. The second-order valence-electron chi connectivity index (χ2n) is 3.75. The van der Waals surface area contributed by atoms with Crippen molar-refractivity contribution in [3.63, 3.8) is 0 Å². The standard InChI is InChI=1S/C12H16F2N2O2/c13-10-3-2-9(11(14)8-10)4-6-16-12(18)15-5-1-7-17/h2-3,8,17H,1,4-7H2,(H2,15,16,18). The van der Waals surface area contributed by atoms with E-state index in [4.69, 9.17) is 5.11 Å². The van der Waals surface area contributed by atoms with Crippen LogP contribution >= 0.6 is 0 Å². The van der Waals surface area contributed by atoms with Gasteiger partial charge in [0.25, 0.3) is 0 Å². The molecule has 6 heteroatoms. The smallest absolute Gasteiger partial charge is 0.314 e. The number of carbonyl (C=O) groups is 1. The van der Waals surface area contributed by atoms with Crippen LogP contribution in [0, 0.1) is 11.6 Å². The Morgan fingerprint density at radius 3 is 2.61 bits per heavy atom. The third kappa shape index (κ3) is 5.09. The SMILES string of the molecule is O=C(NCCCO)NCCc1ccc(F)cc1F. The van der Waals surface area contributed by atoms with Crippen molar-refractivity contribution in [3.8, 4) is 0 Å². The third-order valence-corrected chi connectivity index (χ3v) is 2.32. The molecular formula is C12H16F2N2O2.